The van der Waals surface area contributed by atoms with E-state index in [1.54, 1.807) is 0 Å². The van der Waals surface area contributed by atoms with Crippen LogP contribution in [0.1, 0.15) is 22.3 Å². The SMILES string of the molecule is C=Cc1ccc(C2(O)c3ccccc3-c3cc(-c4ccccc4)cc(-c4ccccc4)c32)cc1. The van der Waals surface area contributed by atoms with E-state index in [2.05, 4.69) is 73.3 Å². The molecular formula is C33H24O. The van der Waals surface area contributed by atoms with Gasteiger partial charge in [0.25, 0.3) is 0 Å². The van der Waals surface area contributed by atoms with Crippen molar-refractivity contribution in [3.63, 3.8) is 0 Å². The third-order valence-electron chi connectivity index (χ3n) is 6.86. The van der Waals surface area contributed by atoms with Crippen molar-refractivity contribution in [2.75, 3.05) is 0 Å². The normalized spacial score (nSPS) is 16.0. The second-order valence-electron chi connectivity index (χ2n) is 8.76. The first kappa shape index (κ1) is 20.4. The van der Waals surface area contributed by atoms with Crippen LogP contribution in [0.15, 0.2) is 128 Å². The molecule has 1 atom stereocenters. The first-order chi connectivity index (χ1) is 16.7. The summed E-state index contributed by atoms with van der Waals surface area (Å²) in [6.45, 7) is 3.88. The van der Waals surface area contributed by atoms with Gasteiger partial charge in [-0.05, 0) is 56.6 Å². The Kier molecular flexibility index (Phi) is 4.79. The van der Waals surface area contributed by atoms with E-state index < -0.39 is 5.60 Å². The Morgan fingerprint density at radius 2 is 1.15 bits per heavy atom. The van der Waals surface area contributed by atoms with Crippen LogP contribution in [0.4, 0.5) is 0 Å². The van der Waals surface area contributed by atoms with Crippen molar-refractivity contribution >= 4 is 6.08 Å². The zero-order valence-electron chi connectivity index (χ0n) is 18.8. The van der Waals surface area contributed by atoms with Crippen LogP contribution in [0.5, 0.6) is 0 Å². The van der Waals surface area contributed by atoms with E-state index in [0.717, 1.165) is 55.6 Å². The minimum absolute atomic E-state index is 0.856. The quantitative estimate of drug-likeness (QED) is 0.303. The number of rotatable bonds is 4. The molecule has 6 rings (SSSR count). The van der Waals surface area contributed by atoms with E-state index in [9.17, 15) is 5.11 Å². The minimum atomic E-state index is -1.26. The summed E-state index contributed by atoms with van der Waals surface area (Å²) in [5.74, 6) is 0. The molecule has 1 N–H and O–H groups in total. The summed E-state index contributed by atoms with van der Waals surface area (Å²) >= 11 is 0. The van der Waals surface area contributed by atoms with Crippen LogP contribution in [0.2, 0.25) is 0 Å². The summed E-state index contributed by atoms with van der Waals surface area (Å²) in [4.78, 5) is 0. The average Bonchev–Trinajstić information content (AvgIpc) is 3.18. The summed E-state index contributed by atoms with van der Waals surface area (Å²) in [5.41, 5.74) is 9.06. The number of hydrogen-bond acceptors (Lipinski definition) is 1. The van der Waals surface area contributed by atoms with Crippen molar-refractivity contribution in [2.45, 2.75) is 5.60 Å². The van der Waals surface area contributed by atoms with Crippen LogP contribution >= 0.6 is 0 Å². The molecule has 34 heavy (non-hydrogen) atoms. The molecule has 1 unspecified atom stereocenters. The van der Waals surface area contributed by atoms with Gasteiger partial charge >= 0.3 is 0 Å². The van der Waals surface area contributed by atoms with Crippen LogP contribution in [-0.4, -0.2) is 5.11 Å². The van der Waals surface area contributed by atoms with Crippen molar-refractivity contribution in [1.82, 2.24) is 0 Å². The lowest BCUT2D eigenvalue weighted by Gasteiger charge is -2.29. The highest BCUT2D eigenvalue weighted by molar-refractivity contribution is 5.93. The Balaban J connectivity index is 1.71. The van der Waals surface area contributed by atoms with Gasteiger partial charge < -0.3 is 5.11 Å². The Morgan fingerprint density at radius 3 is 1.82 bits per heavy atom. The number of hydrogen-bond donors (Lipinski definition) is 1. The Hall–Kier alpha value is -4.20. The van der Waals surface area contributed by atoms with Gasteiger partial charge in [-0.2, -0.15) is 0 Å². The largest absolute Gasteiger partial charge is 0.376 e. The van der Waals surface area contributed by atoms with Crippen LogP contribution in [-0.2, 0) is 5.60 Å². The molecule has 0 saturated carbocycles. The van der Waals surface area contributed by atoms with Crippen LogP contribution in [0.3, 0.4) is 0 Å². The zero-order valence-corrected chi connectivity index (χ0v) is 18.8. The molecule has 0 spiro atoms. The highest BCUT2D eigenvalue weighted by Crippen LogP contribution is 2.55. The molecule has 0 bridgehead atoms. The van der Waals surface area contributed by atoms with Gasteiger partial charge in [0, 0.05) is 11.1 Å². The van der Waals surface area contributed by atoms with Gasteiger partial charge in [0.1, 0.15) is 5.60 Å². The van der Waals surface area contributed by atoms with E-state index in [4.69, 9.17) is 0 Å². The lowest BCUT2D eigenvalue weighted by atomic mass is 9.79. The molecule has 0 aromatic heterocycles. The van der Waals surface area contributed by atoms with Gasteiger partial charge in [0.2, 0.25) is 0 Å². The zero-order chi connectivity index (χ0) is 23.1. The van der Waals surface area contributed by atoms with E-state index in [0.29, 0.717) is 0 Å². The van der Waals surface area contributed by atoms with Crippen molar-refractivity contribution in [2.24, 2.45) is 0 Å². The molecule has 0 heterocycles. The molecule has 1 aliphatic carbocycles. The first-order valence-electron chi connectivity index (χ1n) is 11.5. The summed E-state index contributed by atoms with van der Waals surface area (Å²) < 4.78 is 0. The monoisotopic (exact) mass is 436 g/mol. The molecule has 1 aliphatic rings. The standard InChI is InChI=1S/C33H24O/c1-2-23-17-19-27(20-18-23)33(34)31-16-10-9-15-28(31)30-22-26(24-11-5-3-6-12-24)21-29(32(30)33)25-13-7-4-8-14-25/h2-22,34H,1H2. The van der Waals surface area contributed by atoms with Gasteiger partial charge in [0.15, 0.2) is 0 Å². The molecule has 0 aliphatic heterocycles. The third kappa shape index (κ3) is 3.06. The molecule has 1 heteroatoms. The highest BCUT2D eigenvalue weighted by Gasteiger charge is 2.45. The van der Waals surface area contributed by atoms with E-state index in [1.807, 2.05) is 60.7 Å². The van der Waals surface area contributed by atoms with Crippen LogP contribution in [0.25, 0.3) is 39.5 Å². The maximum absolute atomic E-state index is 12.6. The number of benzene rings is 5. The number of fused-ring (bicyclic) bond motifs is 3. The maximum atomic E-state index is 12.6. The molecule has 0 radical (unpaired) electrons. The fraction of sp³-hybridized carbons (Fsp3) is 0.0303. The second-order valence-corrected chi connectivity index (χ2v) is 8.76. The van der Waals surface area contributed by atoms with Crippen molar-refractivity contribution in [1.29, 1.82) is 0 Å². The summed E-state index contributed by atoms with van der Waals surface area (Å²) in [6.07, 6.45) is 1.83. The minimum Gasteiger partial charge on any atom is -0.376 e. The maximum Gasteiger partial charge on any atom is 0.142 e. The molecule has 162 valence electrons. The summed E-state index contributed by atoms with van der Waals surface area (Å²) in [6, 6.07) is 41.6. The third-order valence-corrected chi connectivity index (χ3v) is 6.86. The summed E-state index contributed by atoms with van der Waals surface area (Å²) in [5, 5.41) is 12.6. The average molecular weight is 437 g/mol. The fourth-order valence-corrected chi connectivity index (χ4v) is 5.22. The topological polar surface area (TPSA) is 20.2 Å². The number of aliphatic hydroxyl groups is 1. The molecule has 0 fully saturated rings. The molecule has 5 aromatic rings. The Labute approximate surface area is 200 Å². The summed E-state index contributed by atoms with van der Waals surface area (Å²) in [7, 11) is 0. The highest BCUT2D eigenvalue weighted by atomic mass is 16.3. The van der Waals surface area contributed by atoms with E-state index >= 15 is 0 Å². The van der Waals surface area contributed by atoms with Gasteiger partial charge in [-0.25, -0.2) is 0 Å². The van der Waals surface area contributed by atoms with Crippen molar-refractivity contribution in [3.8, 4) is 33.4 Å². The van der Waals surface area contributed by atoms with Crippen LogP contribution in [0, 0.1) is 0 Å². The first-order valence-corrected chi connectivity index (χ1v) is 11.5. The predicted molar refractivity (Wildman–Crippen MR) is 141 cm³/mol. The lowest BCUT2D eigenvalue weighted by molar-refractivity contribution is 0.131. The van der Waals surface area contributed by atoms with Gasteiger partial charge in [-0.15, -0.1) is 0 Å². The lowest BCUT2D eigenvalue weighted by Crippen LogP contribution is -2.27. The molecule has 0 saturated heterocycles. The molecule has 1 nitrogen and oxygen atoms in total. The Bertz CT molecular complexity index is 1500. The van der Waals surface area contributed by atoms with Gasteiger partial charge in [0.05, 0.1) is 0 Å². The molecule has 5 aromatic carbocycles. The molecule has 0 amide bonds. The molecular weight excluding hydrogens is 412 g/mol. The van der Waals surface area contributed by atoms with Crippen molar-refractivity contribution < 1.29 is 5.11 Å². The Morgan fingerprint density at radius 1 is 0.559 bits per heavy atom. The van der Waals surface area contributed by atoms with Crippen molar-refractivity contribution in [3.05, 3.63) is 150 Å². The second kappa shape index (κ2) is 7.98. The van der Waals surface area contributed by atoms with Gasteiger partial charge in [-0.3, -0.25) is 0 Å². The smallest absolute Gasteiger partial charge is 0.142 e. The predicted octanol–water partition coefficient (Wildman–Crippen LogP) is 7.93. The van der Waals surface area contributed by atoms with E-state index in [1.165, 1.54) is 0 Å². The van der Waals surface area contributed by atoms with Gasteiger partial charge in [-0.1, -0.05) is 122 Å². The fourth-order valence-electron chi connectivity index (χ4n) is 5.22. The van der Waals surface area contributed by atoms with E-state index in [-0.39, 0.29) is 0 Å². The van der Waals surface area contributed by atoms with Crippen LogP contribution < -0.4 is 0 Å².